The molecule has 0 saturated carbocycles. The van der Waals surface area contributed by atoms with Crippen LogP contribution in [0.5, 0.6) is 0 Å². The van der Waals surface area contributed by atoms with Crippen LogP contribution >= 0.6 is 0 Å². The number of amides is 2. The Bertz CT molecular complexity index is 696. The Morgan fingerprint density at radius 2 is 1.77 bits per heavy atom. The summed E-state index contributed by atoms with van der Waals surface area (Å²) in [5.41, 5.74) is 2.38. The molecular weight excluding hydrogens is 283 g/mol. The molecule has 2 aromatic carbocycles. The Kier molecular flexibility index (Phi) is 4.88. The van der Waals surface area contributed by atoms with Crippen molar-refractivity contribution in [3.05, 3.63) is 65.0 Å². The normalized spacial score (nSPS) is 10.1. The van der Waals surface area contributed by atoms with Gasteiger partial charge in [-0.1, -0.05) is 12.1 Å². The van der Waals surface area contributed by atoms with Crippen molar-refractivity contribution in [2.24, 2.45) is 0 Å². The lowest BCUT2D eigenvalue weighted by atomic mass is 10.1. The van der Waals surface area contributed by atoms with E-state index in [4.69, 9.17) is 0 Å². The van der Waals surface area contributed by atoms with E-state index >= 15 is 0 Å². The molecule has 0 unspecified atom stereocenters. The summed E-state index contributed by atoms with van der Waals surface area (Å²) in [7, 11) is 0. The van der Waals surface area contributed by atoms with E-state index < -0.39 is 0 Å². The summed E-state index contributed by atoms with van der Waals surface area (Å²) >= 11 is 0. The lowest BCUT2D eigenvalue weighted by molar-refractivity contribution is -0.114. The van der Waals surface area contributed by atoms with Gasteiger partial charge in [-0.3, -0.25) is 9.59 Å². The fourth-order valence-corrected chi connectivity index (χ4v) is 1.94. The Balaban J connectivity index is 1.96. The maximum absolute atomic E-state index is 13.4. The average Bonchev–Trinajstić information content (AvgIpc) is 2.48. The second-order valence-electron chi connectivity index (χ2n) is 5.02. The van der Waals surface area contributed by atoms with Crippen molar-refractivity contribution in [1.82, 2.24) is 5.32 Å². The van der Waals surface area contributed by atoms with Gasteiger partial charge in [-0.25, -0.2) is 4.39 Å². The molecule has 22 heavy (non-hydrogen) atoms. The van der Waals surface area contributed by atoms with Crippen LogP contribution < -0.4 is 10.6 Å². The number of hydrogen-bond acceptors (Lipinski definition) is 2. The van der Waals surface area contributed by atoms with Crippen molar-refractivity contribution >= 4 is 17.5 Å². The van der Waals surface area contributed by atoms with E-state index in [-0.39, 0.29) is 24.2 Å². The number of carbonyl (C=O) groups is 2. The Labute approximate surface area is 128 Å². The van der Waals surface area contributed by atoms with E-state index in [0.717, 1.165) is 0 Å². The molecule has 2 amide bonds. The van der Waals surface area contributed by atoms with Crippen LogP contribution in [0, 0.1) is 12.7 Å². The minimum Gasteiger partial charge on any atom is -0.348 e. The first-order valence-electron chi connectivity index (χ1n) is 6.86. The highest BCUT2D eigenvalue weighted by atomic mass is 19.1. The maximum Gasteiger partial charge on any atom is 0.251 e. The molecular formula is C17H17FN2O2. The maximum atomic E-state index is 13.4. The molecule has 0 saturated heterocycles. The van der Waals surface area contributed by atoms with Gasteiger partial charge < -0.3 is 10.6 Å². The summed E-state index contributed by atoms with van der Waals surface area (Å²) in [5.74, 6) is -0.708. The monoisotopic (exact) mass is 300 g/mol. The van der Waals surface area contributed by atoms with Gasteiger partial charge in [0.25, 0.3) is 5.91 Å². The van der Waals surface area contributed by atoms with Gasteiger partial charge in [0.15, 0.2) is 0 Å². The highest BCUT2D eigenvalue weighted by molar-refractivity contribution is 5.95. The summed E-state index contributed by atoms with van der Waals surface area (Å²) in [6.45, 7) is 3.36. The molecule has 0 bridgehead atoms. The van der Waals surface area contributed by atoms with Crippen LogP contribution in [0.25, 0.3) is 0 Å². The third-order valence-corrected chi connectivity index (χ3v) is 3.16. The zero-order chi connectivity index (χ0) is 16.1. The zero-order valence-corrected chi connectivity index (χ0v) is 12.4. The van der Waals surface area contributed by atoms with Gasteiger partial charge in [-0.15, -0.1) is 0 Å². The fourth-order valence-electron chi connectivity index (χ4n) is 1.94. The van der Waals surface area contributed by atoms with Crippen LogP contribution in [0.2, 0.25) is 0 Å². The molecule has 0 spiro atoms. The molecule has 0 aromatic heterocycles. The quantitative estimate of drug-likeness (QED) is 0.912. The summed E-state index contributed by atoms with van der Waals surface area (Å²) in [5, 5.41) is 5.36. The molecule has 0 aliphatic carbocycles. The molecule has 2 aromatic rings. The van der Waals surface area contributed by atoms with Gasteiger partial charge >= 0.3 is 0 Å². The first kappa shape index (κ1) is 15.7. The number of carbonyl (C=O) groups excluding carboxylic acids is 2. The number of rotatable bonds is 4. The van der Waals surface area contributed by atoms with Crippen molar-refractivity contribution < 1.29 is 14.0 Å². The number of nitrogens with one attached hydrogen (secondary N) is 2. The Morgan fingerprint density at radius 1 is 1.09 bits per heavy atom. The van der Waals surface area contributed by atoms with Gasteiger partial charge in [-0.05, 0) is 48.4 Å². The molecule has 114 valence electrons. The topological polar surface area (TPSA) is 58.2 Å². The minimum absolute atomic E-state index is 0.168. The summed E-state index contributed by atoms with van der Waals surface area (Å²) in [6, 6.07) is 11.4. The number of benzene rings is 2. The molecule has 0 radical (unpaired) electrons. The van der Waals surface area contributed by atoms with Gasteiger partial charge in [0, 0.05) is 24.7 Å². The fraction of sp³-hybridized carbons (Fsp3) is 0.176. The van der Waals surface area contributed by atoms with Crippen molar-refractivity contribution in [3.8, 4) is 0 Å². The van der Waals surface area contributed by atoms with E-state index in [1.807, 2.05) is 0 Å². The summed E-state index contributed by atoms with van der Waals surface area (Å²) < 4.78 is 13.4. The van der Waals surface area contributed by atoms with Crippen molar-refractivity contribution in [2.75, 3.05) is 5.32 Å². The van der Waals surface area contributed by atoms with Crippen molar-refractivity contribution in [2.45, 2.75) is 20.4 Å². The second-order valence-corrected chi connectivity index (χ2v) is 5.02. The second kappa shape index (κ2) is 6.85. The van der Waals surface area contributed by atoms with Crippen LogP contribution in [0.4, 0.5) is 10.1 Å². The summed E-state index contributed by atoms with van der Waals surface area (Å²) in [6.07, 6.45) is 0. The van der Waals surface area contributed by atoms with Crippen LogP contribution in [0.15, 0.2) is 42.5 Å². The molecule has 0 heterocycles. The predicted molar refractivity (Wildman–Crippen MR) is 83.1 cm³/mol. The Morgan fingerprint density at radius 3 is 2.36 bits per heavy atom. The van der Waals surface area contributed by atoms with Gasteiger partial charge in [0.1, 0.15) is 5.82 Å². The van der Waals surface area contributed by atoms with E-state index in [9.17, 15) is 14.0 Å². The number of anilines is 1. The Hall–Kier alpha value is -2.69. The van der Waals surface area contributed by atoms with E-state index in [2.05, 4.69) is 10.6 Å². The molecule has 2 rings (SSSR count). The largest absolute Gasteiger partial charge is 0.348 e. The van der Waals surface area contributed by atoms with E-state index in [1.54, 1.807) is 43.3 Å². The van der Waals surface area contributed by atoms with E-state index in [0.29, 0.717) is 22.4 Å². The SMILES string of the molecule is CC(=O)Nc1ccc(C(=O)NCc2ccc(C)c(F)c2)cc1. The number of hydrogen-bond donors (Lipinski definition) is 2. The van der Waals surface area contributed by atoms with Crippen LogP contribution in [-0.4, -0.2) is 11.8 Å². The highest BCUT2D eigenvalue weighted by Crippen LogP contribution is 2.11. The molecule has 0 atom stereocenters. The zero-order valence-electron chi connectivity index (χ0n) is 12.4. The predicted octanol–water partition coefficient (Wildman–Crippen LogP) is 3.02. The van der Waals surface area contributed by atoms with E-state index in [1.165, 1.54) is 13.0 Å². The third-order valence-electron chi connectivity index (χ3n) is 3.16. The van der Waals surface area contributed by atoms with Crippen LogP contribution in [0.1, 0.15) is 28.4 Å². The molecule has 4 nitrogen and oxygen atoms in total. The smallest absolute Gasteiger partial charge is 0.251 e. The molecule has 0 aliphatic heterocycles. The lowest BCUT2D eigenvalue weighted by Gasteiger charge is -2.07. The number of halogens is 1. The molecule has 2 N–H and O–H groups in total. The standard InChI is InChI=1S/C17H17FN2O2/c1-11-3-4-13(9-16(11)18)10-19-17(22)14-5-7-15(8-6-14)20-12(2)21/h3-9H,10H2,1-2H3,(H,19,22)(H,20,21). The highest BCUT2D eigenvalue weighted by Gasteiger charge is 2.06. The van der Waals surface area contributed by atoms with Crippen molar-refractivity contribution in [3.63, 3.8) is 0 Å². The van der Waals surface area contributed by atoms with Gasteiger partial charge in [0.2, 0.25) is 5.91 Å². The van der Waals surface area contributed by atoms with Crippen LogP contribution in [0.3, 0.4) is 0 Å². The third kappa shape index (κ3) is 4.15. The first-order chi connectivity index (χ1) is 10.5. The van der Waals surface area contributed by atoms with Gasteiger partial charge in [-0.2, -0.15) is 0 Å². The van der Waals surface area contributed by atoms with Gasteiger partial charge in [0.05, 0.1) is 0 Å². The average molecular weight is 300 g/mol. The van der Waals surface area contributed by atoms with Crippen LogP contribution in [-0.2, 0) is 11.3 Å². The molecule has 0 fully saturated rings. The first-order valence-corrected chi connectivity index (χ1v) is 6.86. The van der Waals surface area contributed by atoms with Crippen molar-refractivity contribution in [1.29, 1.82) is 0 Å². The lowest BCUT2D eigenvalue weighted by Crippen LogP contribution is -2.22. The summed E-state index contributed by atoms with van der Waals surface area (Å²) in [4.78, 5) is 22.9. The number of aryl methyl sites for hydroxylation is 1. The molecule has 0 aliphatic rings. The molecule has 5 heteroatoms. The minimum atomic E-state index is -0.286.